The fourth-order valence-electron chi connectivity index (χ4n) is 10.4. The highest BCUT2D eigenvalue weighted by atomic mass is 19.1. The van der Waals surface area contributed by atoms with Gasteiger partial charge < -0.3 is 14.5 Å². The van der Waals surface area contributed by atoms with E-state index < -0.39 is 11.6 Å². The van der Waals surface area contributed by atoms with E-state index in [-0.39, 0.29) is 11.8 Å². The van der Waals surface area contributed by atoms with Crippen molar-refractivity contribution in [3.63, 3.8) is 0 Å². The van der Waals surface area contributed by atoms with E-state index in [4.69, 9.17) is 9.72 Å². The molecular weight excluding hydrogens is 855 g/mol. The van der Waals surface area contributed by atoms with E-state index >= 15 is 0 Å². The van der Waals surface area contributed by atoms with E-state index in [1.165, 1.54) is 34.4 Å². The molecule has 69 heavy (non-hydrogen) atoms. The van der Waals surface area contributed by atoms with Crippen LogP contribution in [0.4, 0.5) is 31.5 Å². The molecule has 10 aromatic rings. The molecule has 0 bridgehead atoms. The summed E-state index contributed by atoms with van der Waals surface area (Å²) in [6.07, 6.45) is 1.83. The van der Waals surface area contributed by atoms with Crippen molar-refractivity contribution in [1.82, 2.24) is 9.55 Å². The van der Waals surface area contributed by atoms with Crippen molar-refractivity contribution in [3.8, 4) is 50.7 Å². The minimum atomic E-state index is -0.591. The molecule has 0 unspecified atom stereocenters. The molecule has 0 amide bonds. The van der Waals surface area contributed by atoms with Gasteiger partial charge in [0.25, 0.3) is 0 Å². The molecule has 340 valence electrons. The molecule has 11 rings (SSSR count). The van der Waals surface area contributed by atoms with E-state index in [1.54, 1.807) is 0 Å². The molecule has 1 aliphatic rings. The van der Waals surface area contributed by atoms with E-state index in [0.717, 1.165) is 84.3 Å². The Hall–Kier alpha value is -8.03. The second kappa shape index (κ2) is 17.6. The van der Waals surface area contributed by atoms with Crippen molar-refractivity contribution in [2.45, 2.75) is 53.4 Å². The van der Waals surface area contributed by atoms with Crippen molar-refractivity contribution >= 4 is 44.6 Å². The quantitative estimate of drug-likeness (QED) is 0.137. The molecule has 2 aromatic heterocycles. The predicted molar refractivity (Wildman–Crippen MR) is 281 cm³/mol. The minimum Gasteiger partial charge on any atom is -0.457 e. The van der Waals surface area contributed by atoms with Gasteiger partial charge in [0.15, 0.2) is 0 Å². The summed E-state index contributed by atoms with van der Waals surface area (Å²) in [5, 5.41) is 2.27. The van der Waals surface area contributed by atoms with E-state index in [1.807, 2.05) is 24.4 Å². The van der Waals surface area contributed by atoms with Gasteiger partial charge in [0.05, 0.1) is 22.4 Å². The van der Waals surface area contributed by atoms with Crippen molar-refractivity contribution in [2.75, 3.05) is 16.5 Å². The van der Waals surface area contributed by atoms with Crippen LogP contribution in [0.25, 0.3) is 61.0 Å². The SMILES string of the molecule is Cc1cc(-c2ccccc2)cc(C)c1-c1cc(Oc2ccc3c4ccccc4n(-c4ccccn4)c3c2)cc(N2CN(c3c(C(C)C)cc(-c4cc(F)cc(F)c4)cc3C(C)C)c3ccccc32)c1. The Kier molecular flexibility index (Phi) is 11.1. The summed E-state index contributed by atoms with van der Waals surface area (Å²) in [5.74, 6) is 1.30. The highest BCUT2D eigenvalue weighted by Gasteiger charge is 2.33. The Bertz CT molecular complexity index is 3510. The highest BCUT2D eigenvalue weighted by Crippen LogP contribution is 2.51. The number of hydrogen-bond donors (Lipinski definition) is 0. The Balaban J connectivity index is 1.07. The number of hydrogen-bond acceptors (Lipinski definition) is 4. The lowest BCUT2D eigenvalue weighted by atomic mass is 9.87. The third-order valence-electron chi connectivity index (χ3n) is 13.5. The van der Waals surface area contributed by atoms with Crippen LogP contribution in [0.5, 0.6) is 11.5 Å². The van der Waals surface area contributed by atoms with Crippen LogP contribution in [-0.4, -0.2) is 16.2 Å². The lowest BCUT2D eigenvalue weighted by molar-refractivity contribution is 0.483. The fourth-order valence-corrected chi connectivity index (χ4v) is 10.4. The second-order valence-electron chi connectivity index (χ2n) is 18.8. The topological polar surface area (TPSA) is 33.5 Å². The lowest BCUT2D eigenvalue weighted by Crippen LogP contribution is -2.26. The minimum absolute atomic E-state index is 0.110. The molecule has 0 atom stereocenters. The van der Waals surface area contributed by atoms with Crippen molar-refractivity contribution < 1.29 is 13.5 Å². The first-order valence-electron chi connectivity index (χ1n) is 23.7. The normalized spacial score (nSPS) is 12.5. The molecule has 0 N–H and O–H groups in total. The van der Waals surface area contributed by atoms with Crippen LogP contribution in [0.3, 0.4) is 0 Å². The predicted octanol–water partition coefficient (Wildman–Crippen LogP) is 17.4. The molecule has 0 fully saturated rings. The average molecular weight is 907 g/mol. The van der Waals surface area contributed by atoms with Gasteiger partial charge in [-0.2, -0.15) is 0 Å². The average Bonchev–Trinajstić information content (AvgIpc) is 3.89. The van der Waals surface area contributed by atoms with Gasteiger partial charge in [-0.25, -0.2) is 13.8 Å². The molecule has 0 saturated heterocycles. The van der Waals surface area contributed by atoms with Gasteiger partial charge in [-0.15, -0.1) is 0 Å². The van der Waals surface area contributed by atoms with Gasteiger partial charge in [0, 0.05) is 46.5 Å². The first kappa shape index (κ1) is 43.5. The number of anilines is 4. The van der Waals surface area contributed by atoms with Crippen LogP contribution in [0.1, 0.15) is 61.8 Å². The lowest BCUT2D eigenvalue weighted by Gasteiger charge is -2.30. The molecular formula is C62H52F2N4O. The number of para-hydroxylation sites is 3. The summed E-state index contributed by atoms with van der Waals surface area (Å²) >= 11 is 0. The largest absolute Gasteiger partial charge is 0.457 e. The van der Waals surface area contributed by atoms with Gasteiger partial charge >= 0.3 is 0 Å². The zero-order valence-corrected chi connectivity index (χ0v) is 39.6. The molecule has 0 radical (unpaired) electrons. The summed E-state index contributed by atoms with van der Waals surface area (Å²) in [4.78, 5) is 9.56. The third kappa shape index (κ3) is 7.97. The Morgan fingerprint density at radius 2 is 1.10 bits per heavy atom. The highest BCUT2D eigenvalue weighted by molar-refractivity contribution is 6.09. The monoisotopic (exact) mass is 906 g/mol. The summed E-state index contributed by atoms with van der Waals surface area (Å²) in [6, 6.07) is 59.0. The van der Waals surface area contributed by atoms with E-state index in [0.29, 0.717) is 23.7 Å². The zero-order valence-electron chi connectivity index (χ0n) is 39.6. The van der Waals surface area contributed by atoms with Gasteiger partial charge in [0.2, 0.25) is 0 Å². The van der Waals surface area contributed by atoms with Crippen LogP contribution in [0.15, 0.2) is 182 Å². The molecule has 8 aromatic carbocycles. The van der Waals surface area contributed by atoms with E-state index in [2.05, 4.69) is 195 Å². The summed E-state index contributed by atoms with van der Waals surface area (Å²) in [6.45, 7) is 13.7. The zero-order chi connectivity index (χ0) is 47.5. The number of rotatable bonds is 10. The van der Waals surface area contributed by atoms with Crippen molar-refractivity contribution in [3.05, 3.63) is 216 Å². The maximum absolute atomic E-state index is 14.7. The van der Waals surface area contributed by atoms with Gasteiger partial charge in [-0.3, -0.25) is 4.57 Å². The number of nitrogens with zero attached hydrogens (tertiary/aromatic N) is 4. The number of pyridine rings is 1. The maximum Gasteiger partial charge on any atom is 0.137 e. The fraction of sp³-hybridized carbons (Fsp3) is 0.145. The van der Waals surface area contributed by atoms with Gasteiger partial charge in [-0.1, -0.05) is 107 Å². The molecule has 7 heteroatoms. The van der Waals surface area contributed by atoms with Crippen LogP contribution in [0.2, 0.25) is 0 Å². The van der Waals surface area contributed by atoms with Crippen LogP contribution in [0, 0.1) is 25.5 Å². The molecule has 1 aliphatic heterocycles. The number of aromatic nitrogens is 2. The van der Waals surface area contributed by atoms with Gasteiger partial charge in [-0.05, 0) is 160 Å². The van der Waals surface area contributed by atoms with E-state index in [9.17, 15) is 8.78 Å². The second-order valence-corrected chi connectivity index (χ2v) is 18.8. The maximum atomic E-state index is 14.7. The van der Waals surface area contributed by atoms with Crippen molar-refractivity contribution in [2.24, 2.45) is 0 Å². The number of benzene rings is 8. The molecule has 0 spiro atoms. The molecule has 3 heterocycles. The smallest absolute Gasteiger partial charge is 0.137 e. The standard InChI is InChI=1S/C62H52F2N4O/c1-38(2)54-32-45(44-28-47(63)34-48(64)29-44)33-55(39(3)4)62(54)67-37-66(57-20-12-13-21-58(57)67)49-30-46(61-40(5)26-43(27-41(61)6)42-16-8-7-9-17-42)31-51(35-49)69-50-23-24-53-52-18-10-11-19-56(52)68(59(53)36-50)60-22-14-15-25-65-60/h7-36,38-39H,37H2,1-6H3. The summed E-state index contributed by atoms with van der Waals surface area (Å²) in [7, 11) is 0. The van der Waals surface area contributed by atoms with Crippen LogP contribution in [-0.2, 0) is 0 Å². The summed E-state index contributed by atoms with van der Waals surface area (Å²) in [5.41, 5.74) is 16.8. The number of fused-ring (bicyclic) bond motifs is 4. The number of aryl methyl sites for hydroxylation is 2. The van der Waals surface area contributed by atoms with Crippen molar-refractivity contribution in [1.29, 1.82) is 0 Å². The van der Waals surface area contributed by atoms with Gasteiger partial charge in [0.1, 0.15) is 35.6 Å². The number of halogens is 2. The number of ether oxygens (including phenoxy) is 1. The molecule has 0 saturated carbocycles. The molecule has 0 aliphatic carbocycles. The Labute approximate surface area is 402 Å². The van der Waals surface area contributed by atoms with Crippen LogP contribution >= 0.6 is 0 Å². The van der Waals surface area contributed by atoms with Crippen LogP contribution < -0.4 is 14.5 Å². The summed E-state index contributed by atoms with van der Waals surface area (Å²) < 4.78 is 38.6. The Morgan fingerprint density at radius 3 is 1.78 bits per heavy atom. The first-order valence-corrected chi connectivity index (χ1v) is 23.7. The molecule has 5 nitrogen and oxygen atoms in total. The first-order chi connectivity index (χ1) is 33.5. The third-order valence-corrected chi connectivity index (χ3v) is 13.5. The Morgan fingerprint density at radius 1 is 0.493 bits per heavy atom.